The number of hydrogen-bond acceptors (Lipinski definition) is 4. The van der Waals surface area contributed by atoms with Crippen molar-refractivity contribution < 1.29 is 9.66 Å². The lowest BCUT2D eigenvalue weighted by molar-refractivity contribution is -0.384. The van der Waals surface area contributed by atoms with Crippen LogP contribution in [0.2, 0.25) is 10.0 Å². The monoisotopic (exact) mass is 418 g/mol. The number of rotatable bonds is 5. The Morgan fingerprint density at radius 3 is 2.57 bits per heavy atom. The summed E-state index contributed by atoms with van der Waals surface area (Å²) >= 11 is 15.4. The Hall–Kier alpha value is -1.50. The molecule has 0 aromatic heterocycles. The van der Waals surface area contributed by atoms with Gasteiger partial charge in [0.2, 0.25) is 0 Å². The number of nitro benzene ring substituents is 1. The molecule has 23 heavy (non-hydrogen) atoms. The summed E-state index contributed by atoms with van der Waals surface area (Å²) in [7, 11) is 1.39. The number of halogens is 3. The van der Waals surface area contributed by atoms with Gasteiger partial charge >= 0.3 is 5.69 Å². The highest BCUT2D eigenvalue weighted by Crippen LogP contribution is 2.40. The van der Waals surface area contributed by atoms with Crippen LogP contribution in [0.1, 0.15) is 18.5 Å². The first-order valence-electron chi connectivity index (χ1n) is 6.57. The molecular formula is C15H13BrCl2N2O3. The maximum Gasteiger partial charge on any atom is 0.333 e. The lowest BCUT2D eigenvalue weighted by Crippen LogP contribution is -2.09. The fraction of sp³-hybridized carbons (Fsp3) is 0.200. The summed E-state index contributed by atoms with van der Waals surface area (Å²) in [6, 6.07) is 8.04. The number of benzene rings is 2. The Kier molecular flexibility index (Phi) is 5.73. The van der Waals surface area contributed by atoms with Crippen molar-refractivity contribution in [2.24, 2.45) is 0 Å². The third-order valence-electron chi connectivity index (χ3n) is 3.24. The van der Waals surface area contributed by atoms with Crippen LogP contribution >= 0.6 is 39.1 Å². The highest BCUT2D eigenvalue weighted by Gasteiger charge is 2.23. The van der Waals surface area contributed by atoms with E-state index in [1.807, 2.05) is 6.92 Å². The number of hydrogen-bond donors (Lipinski definition) is 1. The average molecular weight is 420 g/mol. The molecule has 0 heterocycles. The lowest BCUT2D eigenvalue weighted by Gasteiger charge is -2.18. The Morgan fingerprint density at radius 2 is 2.00 bits per heavy atom. The molecule has 0 bridgehead atoms. The molecule has 2 aromatic rings. The van der Waals surface area contributed by atoms with E-state index in [0.717, 1.165) is 5.56 Å². The summed E-state index contributed by atoms with van der Waals surface area (Å²) in [6.45, 7) is 1.85. The van der Waals surface area contributed by atoms with Crippen LogP contribution < -0.4 is 10.1 Å². The topological polar surface area (TPSA) is 64.4 Å². The van der Waals surface area contributed by atoms with Gasteiger partial charge in [-0.3, -0.25) is 10.1 Å². The summed E-state index contributed by atoms with van der Waals surface area (Å²) in [4.78, 5) is 10.9. The van der Waals surface area contributed by atoms with E-state index >= 15 is 0 Å². The van der Waals surface area contributed by atoms with Crippen LogP contribution in [0.15, 0.2) is 34.8 Å². The minimum atomic E-state index is -0.482. The molecule has 122 valence electrons. The van der Waals surface area contributed by atoms with Gasteiger partial charge in [0, 0.05) is 20.6 Å². The fourth-order valence-corrected chi connectivity index (χ4v) is 3.20. The summed E-state index contributed by atoms with van der Waals surface area (Å²) in [5.74, 6) is 0.168. The second-order valence-electron chi connectivity index (χ2n) is 4.79. The predicted molar refractivity (Wildman–Crippen MR) is 95.8 cm³/mol. The second kappa shape index (κ2) is 7.38. The Bertz CT molecular complexity index is 756. The van der Waals surface area contributed by atoms with Crippen molar-refractivity contribution in [2.45, 2.75) is 13.0 Å². The van der Waals surface area contributed by atoms with Crippen molar-refractivity contribution in [3.8, 4) is 5.75 Å². The van der Waals surface area contributed by atoms with Crippen LogP contribution in [0.3, 0.4) is 0 Å². The SMILES string of the molecule is COc1cc(Br)cc(N[C@H](C)c2ccc(Cl)cc2Cl)c1[N+](=O)[O-]. The van der Waals surface area contributed by atoms with E-state index in [0.29, 0.717) is 20.2 Å². The molecule has 2 aromatic carbocycles. The van der Waals surface area contributed by atoms with Gasteiger partial charge in [-0.15, -0.1) is 0 Å². The van der Waals surface area contributed by atoms with E-state index in [4.69, 9.17) is 27.9 Å². The van der Waals surface area contributed by atoms with Gasteiger partial charge in [0.15, 0.2) is 5.75 Å². The summed E-state index contributed by atoms with van der Waals surface area (Å²) in [6.07, 6.45) is 0. The standard InChI is InChI=1S/C15H13BrCl2N2O3/c1-8(11-4-3-10(17)7-12(11)18)19-13-5-9(16)6-14(23-2)15(13)20(21)22/h3-8,19H,1-2H3/t8-/m1/s1. The number of ether oxygens (including phenoxy) is 1. The first kappa shape index (κ1) is 17.8. The number of nitrogens with zero attached hydrogens (tertiary/aromatic N) is 1. The molecule has 0 aliphatic carbocycles. The van der Waals surface area contributed by atoms with Crippen molar-refractivity contribution in [1.29, 1.82) is 0 Å². The van der Waals surface area contributed by atoms with Crippen LogP contribution in [0.4, 0.5) is 11.4 Å². The highest BCUT2D eigenvalue weighted by molar-refractivity contribution is 9.10. The Morgan fingerprint density at radius 1 is 1.30 bits per heavy atom. The van der Waals surface area contributed by atoms with Crippen molar-refractivity contribution >= 4 is 50.5 Å². The van der Waals surface area contributed by atoms with E-state index in [1.54, 1.807) is 30.3 Å². The van der Waals surface area contributed by atoms with Crippen LogP contribution in [-0.2, 0) is 0 Å². The Balaban J connectivity index is 2.42. The average Bonchev–Trinajstić information content (AvgIpc) is 2.45. The predicted octanol–water partition coefficient (Wildman–Crippen LogP) is 5.85. The molecule has 0 spiro atoms. The zero-order valence-electron chi connectivity index (χ0n) is 12.3. The van der Waals surface area contributed by atoms with E-state index in [1.165, 1.54) is 7.11 Å². The quantitative estimate of drug-likeness (QED) is 0.487. The molecule has 5 nitrogen and oxygen atoms in total. The minimum Gasteiger partial charge on any atom is -0.490 e. The van der Waals surface area contributed by atoms with Crippen LogP contribution in [-0.4, -0.2) is 12.0 Å². The molecule has 1 N–H and O–H groups in total. The van der Waals surface area contributed by atoms with E-state index in [-0.39, 0.29) is 17.5 Å². The van der Waals surface area contributed by atoms with Gasteiger partial charge in [0.25, 0.3) is 0 Å². The molecule has 0 fully saturated rings. The van der Waals surface area contributed by atoms with Gasteiger partial charge in [-0.2, -0.15) is 0 Å². The zero-order chi connectivity index (χ0) is 17.1. The summed E-state index contributed by atoms with van der Waals surface area (Å²) in [5, 5.41) is 15.5. The van der Waals surface area contributed by atoms with Gasteiger partial charge in [0.1, 0.15) is 5.69 Å². The molecule has 0 unspecified atom stereocenters. The number of methoxy groups -OCH3 is 1. The summed E-state index contributed by atoms with van der Waals surface area (Å²) in [5.41, 5.74) is 0.983. The molecule has 0 amide bonds. The molecule has 1 atom stereocenters. The summed E-state index contributed by atoms with van der Waals surface area (Å²) < 4.78 is 5.76. The molecule has 0 saturated heterocycles. The smallest absolute Gasteiger partial charge is 0.333 e. The van der Waals surface area contributed by atoms with Crippen molar-refractivity contribution in [3.63, 3.8) is 0 Å². The van der Waals surface area contributed by atoms with Crippen LogP contribution in [0.5, 0.6) is 5.75 Å². The van der Waals surface area contributed by atoms with Crippen molar-refractivity contribution in [2.75, 3.05) is 12.4 Å². The maximum atomic E-state index is 11.4. The van der Waals surface area contributed by atoms with Crippen molar-refractivity contribution in [3.05, 3.63) is 60.5 Å². The van der Waals surface area contributed by atoms with E-state index in [2.05, 4.69) is 21.2 Å². The fourth-order valence-electron chi connectivity index (χ4n) is 2.19. The molecule has 8 heteroatoms. The van der Waals surface area contributed by atoms with Gasteiger partial charge in [-0.25, -0.2) is 0 Å². The van der Waals surface area contributed by atoms with Crippen molar-refractivity contribution in [1.82, 2.24) is 0 Å². The number of anilines is 1. The maximum absolute atomic E-state index is 11.4. The van der Waals surface area contributed by atoms with E-state index in [9.17, 15) is 10.1 Å². The molecule has 2 rings (SSSR count). The normalized spacial score (nSPS) is 11.9. The highest BCUT2D eigenvalue weighted by atomic mass is 79.9. The van der Waals surface area contributed by atoms with Crippen LogP contribution in [0, 0.1) is 10.1 Å². The Labute approximate surface area is 151 Å². The second-order valence-corrected chi connectivity index (χ2v) is 6.55. The molecule has 0 saturated carbocycles. The lowest BCUT2D eigenvalue weighted by atomic mass is 10.1. The molecule has 0 aliphatic heterocycles. The molecule has 0 radical (unpaired) electrons. The zero-order valence-corrected chi connectivity index (χ0v) is 15.4. The number of nitrogens with one attached hydrogen (secondary N) is 1. The minimum absolute atomic E-state index is 0.132. The largest absolute Gasteiger partial charge is 0.490 e. The molecular weight excluding hydrogens is 407 g/mol. The number of nitro groups is 1. The van der Waals surface area contributed by atoms with Gasteiger partial charge < -0.3 is 10.1 Å². The first-order valence-corrected chi connectivity index (χ1v) is 8.11. The van der Waals surface area contributed by atoms with Crippen LogP contribution in [0.25, 0.3) is 0 Å². The van der Waals surface area contributed by atoms with Gasteiger partial charge in [-0.05, 0) is 30.7 Å². The first-order chi connectivity index (χ1) is 10.8. The van der Waals surface area contributed by atoms with Gasteiger partial charge in [-0.1, -0.05) is 45.2 Å². The third kappa shape index (κ3) is 4.07. The molecule has 0 aliphatic rings. The third-order valence-corrected chi connectivity index (χ3v) is 4.26. The van der Waals surface area contributed by atoms with E-state index < -0.39 is 4.92 Å². The van der Waals surface area contributed by atoms with Gasteiger partial charge in [0.05, 0.1) is 18.1 Å².